The summed E-state index contributed by atoms with van der Waals surface area (Å²) in [5.74, 6) is 0.901. The van der Waals surface area contributed by atoms with Crippen LogP contribution in [0.2, 0.25) is 0 Å². The van der Waals surface area contributed by atoms with Crippen LogP contribution in [0.4, 0.5) is 5.82 Å². The lowest BCUT2D eigenvalue weighted by molar-refractivity contribution is 0.205. The largest absolute Gasteiger partial charge is 0.383 e. The van der Waals surface area contributed by atoms with Gasteiger partial charge in [0.15, 0.2) is 5.82 Å². The molecular weight excluding hydrogens is 256 g/mol. The highest BCUT2D eigenvalue weighted by atomic mass is 16.5. The molecule has 0 aliphatic rings. The van der Waals surface area contributed by atoms with Crippen molar-refractivity contribution < 1.29 is 4.74 Å². The van der Waals surface area contributed by atoms with Crippen molar-refractivity contribution in [2.75, 3.05) is 38.3 Å². The molecule has 0 saturated carbocycles. The van der Waals surface area contributed by atoms with E-state index in [1.807, 2.05) is 4.90 Å². The number of aromatic nitrogens is 2. The van der Waals surface area contributed by atoms with Gasteiger partial charge in [-0.15, -0.1) is 0 Å². The molecule has 1 heterocycles. The Hall–Kier alpha value is -1.40. The Balaban J connectivity index is 2.96. The van der Waals surface area contributed by atoms with Crippen LogP contribution in [0.15, 0.2) is 17.2 Å². The topological polar surface area (TPSA) is 73.4 Å². The molecule has 20 heavy (non-hydrogen) atoms. The fourth-order valence-corrected chi connectivity index (χ4v) is 2.00. The first kappa shape index (κ1) is 16.7. The van der Waals surface area contributed by atoms with Crippen LogP contribution in [0.25, 0.3) is 0 Å². The summed E-state index contributed by atoms with van der Waals surface area (Å²) in [6.07, 6.45) is 4.24. The first-order valence-corrected chi connectivity index (χ1v) is 7.09. The van der Waals surface area contributed by atoms with E-state index < -0.39 is 0 Å². The van der Waals surface area contributed by atoms with Crippen molar-refractivity contribution in [2.45, 2.75) is 26.8 Å². The molecule has 0 atom stereocenters. The molecule has 0 bridgehead atoms. The average Bonchev–Trinajstić information content (AvgIpc) is 2.41. The quantitative estimate of drug-likeness (QED) is 0.722. The van der Waals surface area contributed by atoms with Crippen molar-refractivity contribution in [3.05, 3.63) is 22.7 Å². The van der Waals surface area contributed by atoms with Gasteiger partial charge in [0.25, 0.3) is 5.56 Å². The molecule has 0 fully saturated rings. The monoisotopic (exact) mass is 282 g/mol. The number of nitrogens with two attached hydrogens (primary N) is 1. The molecule has 0 amide bonds. The third-order valence-corrected chi connectivity index (χ3v) is 2.95. The lowest BCUT2D eigenvalue weighted by Crippen LogP contribution is -2.37. The van der Waals surface area contributed by atoms with Crippen molar-refractivity contribution in [3.63, 3.8) is 0 Å². The van der Waals surface area contributed by atoms with Gasteiger partial charge in [-0.05, 0) is 18.9 Å². The van der Waals surface area contributed by atoms with Crippen LogP contribution in [0.5, 0.6) is 0 Å². The third-order valence-electron chi connectivity index (χ3n) is 2.95. The summed E-state index contributed by atoms with van der Waals surface area (Å²) in [5.41, 5.74) is 5.51. The second kappa shape index (κ2) is 8.71. The predicted molar refractivity (Wildman–Crippen MR) is 81.1 cm³/mol. The second-order valence-corrected chi connectivity index (χ2v) is 5.22. The van der Waals surface area contributed by atoms with Gasteiger partial charge in [0.2, 0.25) is 0 Å². The van der Waals surface area contributed by atoms with E-state index in [1.54, 1.807) is 24.1 Å². The number of rotatable bonds is 9. The fourth-order valence-electron chi connectivity index (χ4n) is 2.00. The van der Waals surface area contributed by atoms with Gasteiger partial charge in [0.05, 0.1) is 6.61 Å². The molecule has 0 aromatic carbocycles. The highest BCUT2D eigenvalue weighted by molar-refractivity contribution is 5.35. The molecule has 6 heteroatoms. The Morgan fingerprint density at radius 2 is 2.20 bits per heavy atom. The number of ether oxygens (including phenoxy) is 1. The smallest absolute Gasteiger partial charge is 0.293 e. The van der Waals surface area contributed by atoms with Crippen LogP contribution >= 0.6 is 0 Å². The normalized spacial score (nSPS) is 11.1. The van der Waals surface area contributed by atoms with Crippen molar-refractivity contribution in [1.29, 1.82) is 0 Å². The van der Waals surface area contributed by atoms with E-state index in [4.69, 9.17) is 10.5 Å². The Labute approximate surface area is 120 Å². The minimum atomic E-state index is -0.0469. The molecule has 0 aliphatic heterocycles. The van der Waals surface area contributed by atoms with Gasteiger partial charge in [-0.25, -0.2) is 4.98 Å². The van der Waals surface area contributed by atoms with Gasteiger partial charge in [0.1, 0.15) is 0 Å². The second-order valence-electron chi connectivity index (χ2n) is 5.22. The summed E-state index contributed by atoms with van der Waals surface area (Å²) in [6, 6.07) is 0. The van der Waals surface area contributed by atoms with E-state index in [9.17, 15) is 4.79 Å². The summed E-state index contributed by atoms with van der Waals surface area (Å²) in [7, 11) is 1.65. The molecule has 2 N–H and O–H groups in total. The molecule has 0 spiro atoms. The van der Waals surface area contributed by atoms with E-state index >= 15 is 0 Å². The number of nitrogens with zero attached hydrogens (tertiary/aromatic N) is 3. The first-order chi connectivity index (χ1) is 9.60. The van der Waals surface area contributed by atoms with E-state index in [0.29, 0.717) is 44.5 Å². The average molecular weight is 282 g/mol. The lowest BCUT2D eigenvalue weighted by atomic mass is 10.2. The Bertz CT molecular complexity index is 437. The van der Waals surface area contributed by atoms with E-state index in [2.05, 4.69) is 18.8 Å². The molecule has 0 unspecified atom stereocenters. The summed E-state index contributed by atoms with van der Waals surface area (Å²) >= 11 is 0. The Kier molecular flexibility index (Phi) is 7.25. The number of hydrogen-bond acceptors (Lipinski definition) is 5. The molecule has 0 aliphatic carbocycles. The van der Waals surface area contributed by atoms with Crippen molar-refractivity contribution in [1.82, 2.24) is 9.55 Å². The summed E-state index contributed by atoms with van der Waals surface area (Å²) in [6.45, 7) is 7.39. The van der Waals surface area contributed by atoms with Gasteiger partial charge in [-0.2, -0.15) is 0 Å². The van der Waals surface area contributed by atoms with Gasteiger partial charge < -0.3 is 19.9 Å². The zero-order chi connectivity index (χ0) is 15.0. The van der Waals surface area contributed by atoms with Crippen LogP contribution in [0.3, 0.4) is 0 Å². The standard InChI is InChI=1S/C14H26N4O2/c1-12(2)11-18-8-6-16-13(14(18)19)17(7-4-5-15)9-10-20-3/h6,8,12H,4-5,7,9-11,15H2,1-3H3. The SMILES string of the molecule is COCCN(CCCN)c1nccn(CC(C)C)c1=O. The maximum atomic E-state index is 12.5. The minimum absolute atomic E-state index is 0.0469. The van der Waals surface area contributed by atoms with Gasteiger partial charge >= 0.3 is 0 Å². The highest BCUT2D eigenvalue weighted by Gasteiger charge is 2.13. The molecule has 1 aromatic rings. The van der Waals surface area contributed by atoms with Crippen LogP contribution < -0.4 is 16.2 Å². The van der Waals surface area contributed by atoms with Gasteiger partial charge in [0, 0.05) is 39.1 Å². The third kappa shape index (κ3) is 4.94. The van der Waals surface area contributed by atoms with Crippen LogP contribution in [0.1, 0.15) is 20.3 Å². The fraction of sp³-hybridized carbons (Fsp3) is 0.714. The van der Waals surface area contributed by atoms with Crippen LogP contribution in [-0.4, -0.2) is 42.9 Å². The van der Waals surface area contributed by atoms with Crippen molar-refractivity contribution in [2.24, 2.45) is 11.7 Å². The van der Waals surface area contributed by atoms with E-state index in [0.717, 1.165) is 6.42 Å². The molecular formula is C14H26N4O2. The van der Waals surface area contributed by atoms with E-state index in [-0.39, 0.29) is 5.56 Å². The minimum Gasteiger partial charge on any atom is -0.383 e. The maximum absolute atomic E-state index is 12.5. The van der Waals surface area contributed by atoms with Crippen molar-refractivity contribution >= 4 is 5.82 Å². The van der Waals surface area contributed by atoms with Crippen LogP contribution in [0, 0.1) is 5.92 Å². The molecule has 1 rings (SSSR count). The van der Waals surface area contributed by atoms with Gasteiger partial charge in [-0.3, -0.25) is 4.79 Å². The molecule has 0 radical (unpaired) electrons. The van der Waals surface area contributed by atoms with Crippen LogP contribution in [-0.2, 0) is 11.3 Å². The molecule has 1 aromatic heterocycles. The molecule has 6 nitrogen and oxygen atoms in total. The zero-order valence-electron chi connectivity index (χ0n) is 12.7. The predicted octanol–water partition coefficient (Wildman–Crippen LogP) is 0.701. The number of methoxy groups -OCH3 is 1. The van der Waals surface area contributed by atoms with Crippen molar-refractivity contribution in [3.8, 4) is 0 Å². The summed E-state index contributed by atoms with van der Waals surface area (Å²) in [4.78, 5) is 18.7. The zero-order valence-corrected chi connectivity index (χ0v) is 12.7. The first-order valence-electron chi connectivity index (χ1n) is 7.09. The van der Waals surface area contributed by atoms with Gasteiger partial charge in [-0.1, -0.05) is 13.8 Å². The molecule has 114 valence electrons. The number of anilines is 1. The number of hydrogen-bond donors (Lipinski definition) is 1. The Morgan fingerprint density at radius 1 is 1.45 bits per heavy atom. The molecule has 0 saturated heterocycles. The van der Waals surface area contributed by atoms with E-state index in [1.165, 1.54) is 0 Å². The lowest BCUT2D eigenvalue weighted by Gasteiger charge is -2.23. The Morgan fingerprint density at radius 3 is 2.80 bits per heavy atom. The maximum Gasteiger partial charge on any atom is 0.293 e. The summed E-state index contributed by atoms with van der Waals surface area (Å²) < 4.78 is 6.82. The highest BCUT2D eigenvalue weighted by Crippen LogP contribution is 2.05. The summed E-state index contributed by atoms with van der Waals surface area (Å²) in [5, 5.41) is 0.